The summed E-state index contributed by atoms with van der Waals surface area (Å²) >= 11 is 0. The normalized spacial score (nSPS) is 25.0. The summed E-state index contributed by atoms with van der Waals surface area (Å²) in [5.74, 6) is 1.45. The average molecular weight is 278 g/mol. The molecule has 1 aliphatic heterocycles. The summed E-state index contributed by atoms with van der Waals surface area (Å²) < 4.78 is 13.0. The van der Waals surface area contributed by atoms with Crippen LogP contribution >= 0.6 is 0 Å². The van der Waals surface area contributed by atoms with Gasteiger partial charge in [-0.05, 0) is 49.0 Å². The Bertz CT molecular complexity index is 394. The van der Waals surface area contributed by atoms with Crippen molar-refractivity contribution in [2.75, 3.05) is 26.2 Å². The minimum absolute atomic E-state index is 0.161. The fraction of sp³-hybridized carbons (Fsp3) is 0.647. The van der Waals surface area contributed by atoms with Crippen LogP contribution in [0.4, 0.5) is 4.39 Å². The Morgan fingerprint density at radius 3 is 2.35 bits per heavy atom. The third-order valence-electron chi connectivity index (χ3n) is 4.52. The van der Waals surface area contributed by atoms with Gasteiger partial charge in [0.05, 0.1) is 0 Å². The van der Waals surface area contributed by atoms with Crippen LogP contribution in [-0.4, -0.2) is 31.1 Å². The molecule has 1 aromatic carbocycles. The predicted molar refractivity (Wildman–Crippen MR) is 82.2 cm³/mol. The minimum atomic E-state index is -0.161. The van der Waals surface area contributed by atoms with E-state index in [-0.39, 0.29) is 5.82 Å². The molecular formula is C17H27FN2. The zero-order valence-electron chi connectivity index (χ0n) is 12.9. The second-order valence-electron chi connectivity index (χ2n) is 6.16. The summed E-state index contributed by atoms with van der Waals surface area (Å²) in [6.45, 7) is 11.3. The molecule has 0 aliphatic carbocycles. The Hall–Kier alpha value is -0.930. The summed E-state index contributed by atoms with van der Waals surface area (Å²) in [4.78, 5) is 2.56. The van der Waals surface area contributed by atoms with Crippen LogP contribution in [0, 0.1) is 17.7 Å². The van der Waals surface area contributed by atoms with Gasteiger partial charge in [0.15, 0.2) is 0 Å². The molecule has 1 saturated heterocycles. The zero-order valence-corrected chi connectivity index (χ0v) is 12.9. The van der Waals surface area contributed by atoms with Gasteiger partial charge in [0.25, 0.3) is 0 Å². The molecule has 0 spiro atoms. The number of benzene rings is 1. The first-order chi connectivity index (χ1) is 9.60. The van der Waals surface area contributed by atoms with Gasteiger partial charge in [-0.2, -0.15) is 0 Å². The first-order valence-corrected chi connectivity index (χ1v) is 7.81. The highest BCUT2D eigenvalue weighted by molar-refractivity contribution is 5.20. The molecule has 0 saturated carbocycles. The number of rotatable bonds is 6. The van der Waals surface area contributed by atoms with Gasteiger partial charge in [-0.1, -0.05) is 32.9 Å². The molecule has 2 rings (SSSR count). The molecule has 1 fully saturated rings. The average Bonchev–Trinajstić information content (AvgIpc) is 2.75. The Morgan fingerprint density at radius 2 is 1.80 bits per heavy atom. The van der Waals surface area contributed by atoms with Crippen LogP contribution in [0.15, 0.2) is 24.3 Å². The smallest absolute Gasteiger partial charge is 0.123 e. The van der Waals surface area contributed by atoms with E-state index in [0.717, 1.165) is 31.3 Å². The summed E-state index contributed by atoms with van der Waals surface area (Å²) in [7, 11) is 0. The summed E-state index contributed by atoms with van der Waals surface area (Å²) in [5.41, 5.74) is 1.19. The molecule has 0 bridgehead atoms. The van der Waals surface area contributed by atoms with E-state index >= 15 is 0 Å². The number of likely N-dealkylation sites (tertiary alicyclic amines) is 1. The van der Waals surface area contributed by atoms with E-state index in [1.807, 2.05) is 12.1 Å². The van der Waals surface area contributed by atoms with Gasteiger partial charge in [-0.15, -0.1) is 0 Å². The van der Waals surface area contributed by atoms with E-state index < -0.39 is 0 Å². The summed E-state index contributed by atoms with van der Waals surface area (Å²) in [5, 5.41) is 3.52. The van der Waals surface area contributed by atoms with E-state index in [1.54, 1.807) is 12.1 Å². The van der Waals surface area contributed by atoms with Crippen molar-refractivity contribution in [3.05, 3.63) is 35.6 Å². The van der Waals surface area contributed by atoms with E-state index in [9.17, 15) is 4.39 Å². The zero-order chi connectivity index (χ0) is 14.5. The van der Waals surface area contributed by atoms with Crippen LogP contribution in [0.1, 0.15) is 38.8 Å². The lowest BCUT2D eigenvalue weighted by molar-refractivity contribution is 0.299. The molecule has 20 heavy (non-hydrogen) atoms. The van der Waals surface area contributed by atoms with Crippen LogP contribution in [0.25, 0.3) is 0 Å². The highest BCUT2D eigenvalue weighted by atomic mass is 19.1. The van der Waals surface area contributed by atoms with Crippen molar-refractivity contribution in [1.82, 2.24) is 10.2 Å². The molecular weight excluding hydrogens is 251 g/mol. The van der Waals surface area contributed by atoms with Crippen molar-refractivity contribution in [2.45, 2.75) is 33.2 Å². The van der Waals surface area contributed by atoms with Gasteiger partial charge in [-0.3, -0.25) is 0 Å². The van der Waals surface area contributed by atoms with Crippen LogP contribution in [-0.2, 0) is 0 Å². The lowest BCUT2D eigenvalue weighted by Gasteiger charge is -2.22. The number of hydrogen-bond donors (Lipinski definition) is 1. The third-order valence-corrected chi connectivity index (χ3v) is 4.52. The molecule has 2 nitrogen and oxygen atoms in total. The molecule has 1 aliphatic rings. The number of hydrogen-bond acceptors (Lipinski definition) is 2. The number of nitrogens with one attached hydrogen (secondary N) is 1. The first-order valence-electron chi connectivity index (χ1n) is 7.81. The largest absolute Gasteiger partial charge is 0.310 e. The molecule has 3 heteroatoms. The second kappa shape index (κ2) is 7.19. The maximum Gasteiger partial charge on any atom is 0.123 e. The molecule has 3 atom stereocenters. The van der Waals surface area contributed by atoms with Gasteiger partial charge in [-0.25, -0.2) is 4.39 Å². The van der Waals surface area contributed by atoms with Gasteiger partial charge in [0, 0.05) is 19.1 Å². The number of halogens is 1. The van der Waals surface area contributed by atoms with Gasteiger partial charge in [0.2, 0.25) is 0 Å². The van der Waals surface area contributed by atoms with Crippen LogP contribution < -0.4 is 5.32 Å². The molecule has 1 N–H and O–H groups in total. The highest BCUT2D eigenvalue weighted by Crippen LogP contribution is 2.24. The van der Waals surface area contributed by atoms with Crippen molar-refractivity contribution in [3.63, 3.8) is 0 Å². The fourth-order valence-corrected chi connectivity index (χ4v) is 3.07. The van der Waals surface area contributed by atoms with E-state index in [1.165, 1.54) is 18.7 Å². The monoisotopic (exact) mass is 278 g/mol. The Labute approximate surface area is 122 Å². The van der Waals surface area contributed by atoms with E-state index in [4.69, 9.17) is 0 Å². The van der Waals surface area contributed by atoms with Gasteiger partial charge < -0.3 is 10.2 Å². The van der Waals surface area contributed by atoms with Gasteiger partial charge >= 0.3 is 0 Å². The van der Waals surface area contributed by atoms with E-state index in [0.29, 0.717) is 6.04 Å². The molecule has 3 unspecified atom stereocenters. The SMILES string of the molecule is CCNC(CCN1CC(C)C(C)C1)c1ccc(F)cc1. The maximum absolute atomic E-state index is 13.0. The second-order valence-corrected chi connectivity index (χ2v) is 6.16. The fourth-order valence-electron chi connectivity index (χ4n) is 3.07. The summed E-state index contributed by atoms with van der Waals surface area (Å²) in [6, 6.07) is 7.24. The standard InChI is InChI=1S/C17H27FN2/c1-4-19-17(15-5-7-16(18)8-6-15)9-10-20-11-13(2)14(3)12-20/h5-8,13-14,17,19H,4,9-12H2,1-3H3. The third kappa shape index (κ3) is 4.03. The first kappa shape index (κ1) is 15.5. The maximum atomic E-state index is 13.0. The lowest BCUT2D eigenvalue weighted by atomic mass is 10.0. The van der Waals surface area contributed by atoms with Crippen molar-refractivity contribution >= 4 is 0 Å². The predicted octanol–water partition coefficient (Wildman–Crippen LogP) is 3.45. The molecule has 0 radical (unpaired) electrons. The molecule has 0 aromatic heterocycles. The van der Waals surface area contributed by atoms with Crippen molar-refractivity contribution in [1.29, 1.82) is 0 Å². The Balaban J connectivity index is 1.91. The van der Waals surface area contributed by atoms with Crippen molar-refractivity contribution < 1.29 is 4.39 Å². The number of nitrogens with zero attached hydrogens (tertiary/aromatic N) is 1. The Morgan fingerprint density at radius 1 is 1.20 bits per heavy atom. The molecule has 1 heterocycles. The van der Waals surface area contributed by atoms with Crippen molar-refractivity contribution in [2.24, 2.45) is 11.8 Å². The Kier molecular flexibility index (Phi) is 5.55. The van der Waals surface area contributed by atoms with Crippen LogP contribution in [0.5, 0.6) is 0 Å². The van der Waals surface area contributed by atoms with Crippen molar-refractivity contribution in [3.8, 4) is 0 Å². The highest BCUT2D eigenvalue weighted by Gasteiger charge is 2.26. The molecule has 0 amide bonds. The molecule has 112 valence electrons. The van der Waals surface area contributed by atoms with Crippen LogP contribution in [0.2, 0.25) is 0 Å². The lowest BCUT2D eigenvalue weighted by Crippen LogP contribution is -2.28. The topological polar surface area (TPSA) is 15.3 Å². The molecule has 1 aromatic rings. The van der Waals surface area contributed by atoms with Gasteiger partial charge in [0.1, 0.15) is 5.82 Å². The van der Waals surface area contributed by atoms with Crippen LogP contribution in [0.3, 0.4) is 0 Å². The minimum Gasteiger partial charge on any atom is -0.310 e. The quantitative estimate of drug-likeness (QED) is 0.857. The van der Waals surface area contributed by atoms with E-state index in [2.05, 4.69) is 31.0 Å². The summed E-state index contributed by atoms with van der Waals surface area (Å²) in [6.07, 6.45) is 1.08.